The molecule has 2 N–H and O–H groups in total. The monoisotopic (exact) mass is 277 g/mol. The van der Waals surface area contributed by atoms with E-state index in [9.17, 15) is 13.5 Å². The summed E-state index contributed by atoms with van der Waals surface area (Å²) in [6.07, 6.45) is 5.33. The summed E-state index contributed by atoms with van der Waals surface area (Å²) in [4.78, 5) is 0. The van der Waals surface area contributed by atoms with E-state index >= 15 is 0 Å². The van der Waals surface area contributed by atoms with E-state index in [0.717, 1.165) is 31.9 Å². The van der Waals surface area contributed by atoms with E-state index in [0.29, 0.717) is 6.54 Å². The van der Waals surface area contributed by atoms with Crippen LogP contribution in [0.1, 0.15) is 46.5 Å². The molecule has 1 fully saturated rings. The van der Waals surface area contributed by atoms with Crippen LogP contribution in [0.3, 0.4) is 0 Å². The summed E-state index contributed by atoms with van der Waals surface area (Å²) >= 11 is 0. The molecule has 0 heterocycles. The minimum atomic E-state index is -3.19. The molecule has 18 heavy (non-hydrogen) atoms. The smallest absolute Gasteiger partial charge is 0.208 e. The van der Waals surface area contributed by atoms with Gasteiger partial charge in [0, 0.05) is 6.54 Å². The Morgan fingerprint density at radius 1 is 1.44 bits per heavy atom. The molecule has 0 aromatic carbocycles. The lowest BCUT2D eigenvalue weighted by molar-refractivity contribution is -0.126. The summed E-state index contributed by atoms with van der Waals surface area (Å²) in [5.41, 5.74) is -0.745. The molecule has 108 valence electrons. The lowest BCUT2D eigenvalue weighted by atomic mass is 9.63. The topological polar surface area (TPSA) is 66.4 Å². The van der Waals surface area contributed by atoms with Gasteiger partial charge in [-0.15, -0.1) is 0 Å². The fourth-order valence-electron chi connectivity index (χ4n) is 3.39. The lowest BCUT2D eigenvalue weighted by Gasteiger charge is -2.48. The standard InChI is InChI=1S/C13H27NO3S/c1-5-12-8-6-7-10(2)13(12,15)11(3)9-14-18(4,16)17/h10-12,14-15H,5-9H2,1-4H3/t10-,11?,12+,13+/m0/s1. The zero-order valence-electron chi connectivity index (χ0n) is 11.9. The van der Waals surface area contributed by atoms with Crippen LogP contribution in [0.15, 0.2) is 0 Å². The van der Waals surface area contributed by atoms with Crippen molar-refractivity contribution in [1.29, 1.82) is 0 Å². The quantitative estimate of drug-likeness (QED) is 0.804. The van der Waals surface area contributed by atoms with Crippen molar-refractivity contribution in [2.75, 3.05) is 12.8 Å². The van der Waals surface area contributed by atoms with Crippen LogP contribution < -0.4 is 4.72 Å². The first-order valence-corrected chi connectivity index (χ1v) is 8.78. The Hall–Kier alpha value is -0.130. The maximum Gasteiger partial charge on any atom is 0.208 e. The number of aliphatic hydroxyl groups is 1. The van der Waals surface area contributed by atoms with Gasteiger partial charge in [0.2, 0.25) is 10.0 Å². The largest absolute Gasteiger partial charge is 0.389 e. The van der Waals surface area contributed by atoms with Crippen molar-refractivity contribution in [3.05, 3.63) is 0 Å². The average molecular weight is 277 g/mol. The molecular formula is C13H27NO3S. The zero-order chi connectivity index (χ0) is 14.0. The predicted molar refractivity (Wildman–Crippen MR) is 73.8 cm³/mol. The molecule has 0 spiro atoms. The summed E-state index contributed by atoms with van der Waals surface area (Å²) in [6.45, 7) is 6.45. The van der Waals surface area contributed by atoms with Gasteiger partial charge in [-0.05, 0) is 30.6 Å². The molecule has 4 atom stereocenters. The van der Waals surface area contributed by atoms with Crippen LogP contribution in [-0.4, -0.2) is 31.9 Å². The fourth-order valence-corrected chi connectivity index (χ4v) is 3.95. The third kappa shape index (κ3) is 3.45. The number of rotatable bonds is 5. The average Bonchev–Trinajstić information content (AvgIpc) is 2.28. The molecule has 0 aromatic rings. The first-order valence-electron chi connectivity index (χ1n) is 6.88. The number of hydrogen-bond acceptors (Lipinski definition) is 3. The third-order valence-electron chi connectivity index (χ3n) is 4.57. The Labute approximate surface area is 111 Å². The van der Waals surface area contributed by atoms with Crippen molar-refractivity contribution >= 4 is 10.0 Å². The van der Waals surface area contributed by atoms with Gasteiger partial charge in [0.05, 0.1) is 11.9 Å². The van der Waals surface area contributed by atoms with E-state index in [-0.39, 0.29) is 17.8 Å². The number of nitrogens with one attached hydrogen (secondary N) is 1. The van der Waals surface area contributed by atoms with E-state index in [2.05, 4.69) is 18.6 Å². The number of hydrogen-bond donors (Lipinski definition) is 2. The van der Waals surface area contributed by atoms with Gasteiger partial charge < -0.3 is 5.11 Å². The highest BCUT2D eigenvalue weighted by molar-refractivity contribution is 7.88. The highest BCUT2D eigenvalue weighted by Gasteiger charge is 2.46. The Bertz CT molecular complexity index is 368. The van der Waals surface area contributed by atoms with Crippen LogP contribution in [0.25, 0.3) is 0 Å². The van der Waals surface area contributed by atoms with Gasteiger partial charge in [-0.1, -0.05) is 33.6 Å². The molecule has 0 saturated heterocycles. The Morgan fingerprint density at radius 3 is 2.56 bits per heavy atom. The first kappa shape index (κ1) is 15.9. The molecule has 4 nitrogen and oxygen atoms in total. The number of sulfonamides is 1. The second-order valence-electron chi connectivity index (χ2n) is 5.85. The Morgan fingerprint density at radius 2 is 2.06 bits per heavy atom. The molecule has 0 radical (unpaired) electrons. The normalized spacial score (nSPS) is 35.4. The molecule has 1 aliphatic rings. The van der Waals surface area contributed by atoms with Crippen LogP contribution in [0.4, 0.5) is 0 Å². The highest BCUT2D eigenvalue weighted by atomic mass is 32.2. The van der Waals surface area contributed by atoms with Gasteiger partial charge in [0.25, 0.3) is 0 Å². The maximum atomic E-state index is 11.2. The minimum absolute atomic E-state index is 0.0625. The summed E-state index contributed by atoms with van der Waals surface area (Å²) in [6, 6.07) is 0. The lowest BCUT2D eigenvalue weighted by Crippen LogP contribution is -2.54. The van der Waals surface area contributed by atoms with Crippen LogP contribution >= 0.6 is 0 Å². The summed E-state index contributed by atoms with van der Waals surface area (Å²) in [5, 5.41) is 11.0. The predicted octanol–water partition coefficient (Wildman–Crippen LogP) is 1.75. The summed E-state index contributed by atoms with van der Waals surface area (Å²) in [5.74, 6) is 0.442. The molecule has 0 aromatic heterocycles. The molecule has 0 bridgehead atoms. The third-order valence-corrected chi connectivity index (χ3v) is 5.26. The van der Waals surface area contributed by atoms with Crippen molar-refractivity contribution in [2.24, 2.45) is 17.8 Å². The van der Waals surface area contributed by atoms with Gasteiger partial charge in [-0.2, -0.15) is 0 Å². The van der Waals surface area contributed by atoms with Gasteiger partial charge in [-0.25, -0.2) is 13.1 Å². The van der Waals surface area contributed by atoms with E-state index in [1.54, 1.807) is 0 Å². The first-order chi connectivity index (χ1) is 8.21. The van der Waals surface area contributed by atoms with E-state index in [1.807, 2.05) is 6.92 Å². The van der Waals surface area contributed by atoms with E-state index in [1.165, 1.54) is 0 Å². The van der Waals surface area contributed by atoms with Gasteiger partial charge in [-0.3, -0.25) is 0 Å². The molecule has 1 rings (SSSR count). The van der Waals surface area contributed by atoms with Crippen molar-refractivity contribution in [3.8, 4) is 0 Å². The molecule has 1 saturated carbocycles. The van der Waals surface area contributed by atoms with Crippen LogP contribution in [0, 0.1) is 17.8 Å². The highest BCUT2D eigenvalue weighted by Crippen LogP contribution is 2.44. The van der Waals surface area contributed by atoms with Crippen LogP contribution in [-0.2, 0) is 10.0 Å². The molecule has 0 amide bonds. The van der Waals surface area contributed by atoms with Crippen molar-refractivity contribution in [3.63, 3.8) is 0 Å². The van der Waals surface area contributed by atoms with Crippen LogP contribution in [0.2, 0.25) is 0 Å². The van der Waals surface area contributed by atoms with Crippen LogP contribution in [0.5, 0.6) is 0 Å². The Balaban J connectivity index is 2.80. The molecule has 0 aliphatic heterocycles. The minimum Gasteiger partial charge on any atom is -0.389 e. The second kappa shape index (κ2) is 5.88. The van der Waals surface area contributed by atoms with Gasteiger partial charge >= 0.3 is 0 Å². The van der Waals surface area contributed by atoms with E-state index in [4.69, 9.17) is 0 Å². The zero-order valence-corrected chi connectivity index (χ0v) is 12.8. The maximum absolute atomic E-state index is 11.2. The van der Waals surface area contributed by atoms with Crippen molar-refractivity contribution in [1.82, 2.24) is 4.72 Å². The molecule has 1 unspecified atom stereocenters. The molecule has 5 heteroatoms. The van der Waals surface area contributed by atoms with Crippen molar-refractivity contribution in [2.45, 2.75) is 52.1 Å². The van der Waals surface area contributed by atoms with Gasteiger partial charge in [0.1, 0.15) is 0 Å². The van der Waals surface area contributed by atoms with Gasteiger partial charge in [0.15, 0.2) is 0 Å². The Kier molecular flexibility index (Phi) is 5.21. The second-order valence-corrected chi connectivity index (χ2v) is 7.68. The summed E-state index contributed by atoms with van der Waals surface area (Å²) < 4.78 is 24.8. The SMILES string of the molecule is CC[C@@H]1CCC[C@H](C)[C@@]1(O)C(C)CNS(C)(=O)=O. The fraction of sp³-hybridized carbons (Fsp3) is 1.00. The molecule has 1 aliphatic carbocycles. The summed E-state index contributed by atoms with van der Waals surface area (Å²) in [7, 11) is -3.19. The van der Waals surface area contributed by atoms with E-state index < -0.39 is 15.6 Å². The molecular weight excluding hydrogens is 250 g/mol. The van der Waals surface area contributed by atoms with Crippen molar-refractivity contribution < 1.29 is 13.5 Å².